The molecule has 0 radical (unpaired) electrons. The normalized spacial score (nSPS) is 14.0. The molecule has 1 aromatic heterocycles. The summed E-state index contributed by atoms with van der Waals surface area (Å²) in [6, 6.07) is 16.5. The fourth-order valence-corrected chi connectivity index (χ4v) is 3.69. The van der Waals surface area contributed by atoms with Gasteiger partial charge < -0.3 is 10.2 Å². The standard InChI is InChI=1S/C24H22FN3O2/c1-16(27-23(29)17-7-10-20(25)11-8-17)18-9-12-22-19(15-18)5-4-14-28(22)24(30)21-6-2-3-13-26-21/h2-3,6-13,15-16H,4-5,14H2,1H3,(H,27,29). The van der Waals surface area contributed by atoms with Crippen molar-refractivity contribution in [2.75, 3.05) is 11.4 Å². The lowest BCUT2D eigenvalue weighted by Gasteiger charge is -2.30. The van der Waals surface area contributed by atoms with Crippen LogP contribution >= 0.6 is 0 Å². The first kappa shape index (κ1) is 19.8. The number of carbonyl (C=O) groups is 2. The maximum Gasteiger partial charge on any atom is 0.276 e. The lowest BCUT2D eigenvalue weighted by molar-refractivity contribution is 0.0938. The molecule has 1 aliphatic heterocycles. The molecule has 0 fully saturated rings. The van der Waals surface area contributed by atoms with Gasteiger partial charge in [-0.1, -0.05) is 18.2 Å². The third-order valence-corrected chi connectivity index (χ3v) is 5.31. The molecule has 152 valence electrons. The molecule has 4 rings (SSSR count). The lowest BCUT2D eigenvalue weighted by Crippen LogP contribution is -2.36. The Balaban J connectivity index is 1.52. The molecule has 0 saturated carbocycles. The summed E-state index contributed by atoms with van der Waals surface area (Å²) in [5.41, 5.74) is 3.75. The molecule has 0 aliphatic carbocycles. The van der Waals surface area contributed by atoms with Crippen molar-refractivity contribution in [1.29, 1.82) is 0 Å². The predicted molar refractivity (Wildman–Crippen MR) is 113 cm³/mol. The third kappa shape index (κ3) is 4.08. The average Bonchev–Trinajstić information content (AvgIpc) is 2.78. The highest BCUT2D eigenvalue weighted by Gasteiger charge is 2.25. The molecule has 5 nitrogen and oxygen atoms in total. The zero-order valence-electron chi connectivity index (χ0n) is 16.6. The van der Waals surface area contributed by atoms with Gasteiger partial charge in [0.05, 0.1) is 6.04 Å². The third-order valence-electron chi connectivity index (χ3n) is 5.31. The molecule has 1 N–H and O–H groups in total. The van der Waals surface area contributed by atoms with Crippen LogP contribution in [-0.4, -0.2) is 23.3 Å². The molecule has 6 heteroatoms. The lowest BCUT2D eigenvalue weighted by atomic mass is 9.96. The minimum Gasteiger partial charge on any atom is -0.346 e. The number of fused-ring (bicyclic) bond motifs is 1. The van der Waals surface area contributed by atoms with Crippen LogP contribution in [0.25, 0.3) is 0 Å². The van der Waals surface area contributed by atoms with Crippen molar-refractivity contribution in [3.05, 3.63) is 95.1 Å². The Labute approximate surface area is 174 Å². The van der Waals surface area contributed by atoms with Crippen LogP contribution in [0, 0.1) is 5.82 Å². The highest BCUT2D eigenvalue weighted by Crippen LogP contribution is 2.31. The van der Waals surface area contributed by atoms with Crippen molar-refractivity contribution in [3.8, 4) is 0 Å². The Kier molecular flexibility index (Phi) is 5.57. The molecule has 1 unspecified atom stereocenters. The van der Waals surface area contributed by atoms with Crippen LogP contribution in [0.1, 0.15) is 51.4 Å². The summed E-state index contributed by atoms with van der Waals surface area (Å²) >= 11 is 0. The summed E-state index contributed by atoms with van der Waals surface area (Å²) in [7, 11) is 0. The van der Waals surface area contributed by atoms with Crippen LogP contribution in [0.5, 0.6) is 0 Å². The second kappa shape index (κ2) is 8.45. The molecule has 0 saturated heterocycles. The van der Waals surface area contributed by atoms with E-state index in [1.54, 1.807) is 29.3 Å². The number of anilines is 1. The van der Waals surface area contributed by atoms with Crippen LogP contribution in [0.3, 0.4) is 0 Å². The van der Waals surface area contributed by atoms with Gasteiger partial charge in [0.2, 0.25) is 0 Å². The molecule has 3 aromatic rings. The van der Waals surface area contributed by atoms with Crippen molar-refractivity contribution < 1.29 is 14.0 Å². The topological polar surface area (TPSA) is 62.3 Å². The van der Waals surface area contributed by atoms with Gasteiger partial charge >= 0.3 is 0 Å². The van der Waals surface area contributed by atoms with E-state index in [0.29, 0.717) is 17.8 Å². The smallest absolute Gasteiger partial charge is 0.276 e. The van der Waals surface area contributed by atoms with E-state index in [1.165, 1.54) is 24.3 Å². The number of nitrogens with zero attached hydrogens (tertiary/aromatic N) is 2. The number of benzene rings is 2. The minimum absolute atomic E-state index is 0.109. The molecule has 2 aromatic carbocycles. The monoisotopic (exact) mass is 403 g/mol. The van der Waals surface area contributed by atoms with Crippen molar-refractivity contribution in [2.24, 2.45) is 0 Å². The van der Waals surface area contributed by atoms with Gasteiger partial charge in [0.25, 0.3) is 11.8 Å². The number of aryl methyl sites for hydroxylation is 1. The highest BCUT2D eigenvalue weighted by atomic mass is 19.1. The molecule has 0 bridgehead atoms. The van der Waals surface area contributed by atoms with E-state index < -0.39 is 0 Å². The van der Waals surface area contributed by atoms with Gasteiger partial charge in [0, 0.05) is 24.0 Å². The predicted octanol–water partition coefficient (Wildman–Crippen LogP) is 4.30. The zero-order valence-corrected chi connectivity index (χ0v) is 16.6. The molecule has 30 heavy (non-hydrogen) atoms. The number of pyridine rings is 1. The van der Waals surface area contributed by atoms with Crippen LogP contribution in [0.2, 0.25) is 0 Å². The summed E-state index contributed by atoms with van der Waals surface area (Å²) in [5.74, 6) is -0.742. The first-order valence-electron chi connectivity index (χ1n) is 9.95. The largest absolute Gasteiger partial charge is 0.346 e. The second-order valence-corrected chi connectivity index (χ2v) is 7.37. The van der Waals surface area contributed by atoms with E-state index in [9.17, 15) is 14.0 Å². The summed E-state index contributed by atoms with van der Waals surface area (Å²) in [4.78, 5) is 31.3. The fourth-order valence-electron chi connectivity index (χ4n) is 3.69. The van der Waals surface area contributed by atoms with E-state index in [0.717, 1.165) is 29.7 Å². The maximum atomic E-state index is 13.1. The fraction of sp³-hybridized carbons (Fsp3) is 0.208. The maximum absolute atomic E-state index is 13.1. The Hall–Kier alpha value is -3.54. The first-order chi connectivity index (χ1) is 14.5. The summed E-state index contributed by atoms with van der Waals surface area (Å²) in [6.45, 7) is 2.56. The van der Waals surface area contributed by atoms with Crippen LogP contribution < -0.4 is 10.2 Å². The van der Waals surface area contributed by atoms with Gasteiger partial charge in [-0.25, -0.2) is 4.39 Å². The van der Waals surface area contributed by atoms with Crippen molar-refractivity contribution in [3.63, 3.8) is 0 Å². The highest BCUT2D eigenvalue weighted by molar-refractivity contribution is 6.05. The number of nitrogens with one attached hydrogen (secondary N) is 1. The Morgan fingerprint density at radius 2 is 1.90 bits per heavy atom. The van der Waals surface area contributed by atoms with E-state index >= 15 is 0 Å². The summed E-state index contributed by atoms with van der Waals surface area (Å²) < 4.78 is 13.1. The second-order valence-electron chi connectivity index (χ2n) is 7.37. The summed E-state index contributed by atoms with van der Waals surface area (Å²) in [5, 5.41) is 2.95. The molecule has 1 atom stereocenters. The number of hydrogen-bond acceptors (Lipinski definition) is 3. The van der Waals surface area contributed by atoms with Gasteiger partial charge in [0.15, 0.2) is 0 Å². The van der Waals surface area contributed by atoms with Crippen molar-refractivity contribution >= 4 is 17.5 Å². The van der Waals surface area contributed by atoms with Crippen molar-refractivity contribution in [2.45, 2.75) is 25.8 Å². The SMILES string of the molecule is CC(NC(=O)c1ccc(F)cc1)c1ccc2c(c1)CCCN2C(=O)c1ccccn1. The first-order valence-corrected chi connectivity index (χ1v) is 9.95. The zero-order chi connectivity index (χ0) is 21.1. The molecule has 0 spiro atoms. The summed E-state index contributed by atoms with van der Waals surface area (Å²) in [6.07, 6.45) is 3.35. The van der Waals surface area contributed by atoms with E-state index in [1.807, 2.05) is 25.1 Å². The molecular formula is C24H22FN3O2. The molecule has 1 aliphatic rings. The van der Waals surface area contributed by atoms with Gasteiger partial charge in [0.1, 0.15) is 11.5 Å². The van der Waals surface area contributed by atoms with Crippen LogP contribution in [-0.2, 0) is 6.42 Å². The van der Waals surface area contributed by atoms with E-state index in [-0.39, 0.29) is 23.7 Å². The van der Waals surface area contributed by atoms with Gasteiger partial charge in [-0.2, -0.15) is 0 Å². The molecular weight excluding hydrogens is 381 g/mol. The molecule has 2 amide bonds. The van der Waals surface area contributed by atoms with Gasteiger partial charge in [-0.05, 0) is 73.4 Å². The Morgan fingerprint density at radius 3 is 2.63 bits per heavy atom. The number of amides is 2. The minimum atomic E-state index is -0.376. The number of halogens is 1. The number of aromatic nitrogens is 1. The average molecular weight is 403 g/mol. The van der Waals surface area contributed by atoms with Crippen LogP contribution in [0.4, 0.5) is 10.1 Å². The quantitative estimate of drug-likeness (QED) is 0.706. The Bertz CT molecular complexity index is 1070. The number of hydrogen-bond donors (Lipinski definition) is 1. The van der Waals surface area contributed by atoms with Gasteiger partial charge in [-0.3, -0.25) is 14.6 Å². The van der Waals surface area contributed by atoms with E-state index in [4.69, 9.17) is 0 Å². The number of rotatable bonds is 4. The van der Waals surface area contributed by atoms with Crippen LogP contribution in [0.15, 0.2) is 66.9 Å². The van der Waals surface area contributed by atoms with Crippen molar-refractivity contribution in [1.82, 2.24) is 10.3 Å². The Morgan fingerprint density at radius 1 is 1.10 bits per heavy atom. The number of carbonyl (C=O) groups excluding carboxylic acids is 2. The van der Waals surface area contributed by atoms with E-state index in [2.05, 4.69) is 10.3 Å². The molecule has 2 heterocycles. The van der Waals surface area contributed by atoms with Gasteiger partial charge in [-0.15, -0.1) is 0 Å².